The quantitative estimate of drug-likeness (QED) is 0.254. The summed E-state index contributed by atoms with van der Waals surface area (Å²) >= 11 is 0. The zero-order valence-electron chi connectivity index (χ0n) is 15.5. The second-order valence-electron chi connectivity index (χ2n) is 6.53. The third-order valence-electron chi connectivity index (χ3n) is 4.56. The Hall–Kier alpha value is -1.02. The van der Waals surface area contributed by atoms with Crippen molar-refractivity contribution < 1.29 is 5.11 Å². The van der Waals surface area contributed by atoms with Gasteiger partial charge in [-0.2, -0.15) is 0 Å². The molecule has 0 radical (unpaired) electrons. The SMILES string of the molecule is CCCN1CCC(NC(=NC)NCCCc2ccc(O)cc2)CC1.I. The Balaban J connectivity index is 0.00000312. The Kier molecular flexibility index (Phi) is 10.9. The molecule has 0 atom stereocenters. The van der Waals surface area contributed by atoms with Crippen LogP contribution < -0.4 is 10.6 Å². The highest BCUT2D eigenvalue weighted by atomic mass is 127. The van der Waals surface area contributed by atoms with Crippen molar-refractivity contribution in [1.29, 1.82) is 0 Å². The van der Waals surface area contributed by atoms with Crippen LogP contribution in [0.2, 0.25) is 0 Å². The number of guanidine groups is 1. The van der Waals surface area contributed by atoms with Crippen LogP contribution in [0.15, 0.2) is 29.3 Å². The number of phenolic OH excluding ortho intramolecular Hbond substituents is 1. The van der Waals surface area contributed by atoms with Gasteiger partial charge in [0.1, 0.15) is 5.75 Å². The van der Waals surface area contributed by atoms with Gasteiger partial charge in [0.05, 0.1) is 0 Å². The molecule has 3 N–H and O–H groups in total. The van der Waals surface area contributed by atoms with Crippen LogP contribution in [0, 0.1) is 0 Å². The van der Waals surface area contributed by atoms with Crippen LogP contribution in [0.3, 0.4) is 0 Å². The molecule has 1 saturated heterocycles. The smallest absolute Gasteiger partial charge is 0.191 e. The summed E-state index contributed by atoms with van der Waals surface area (Å²) in [4.78, 5) is 6.89. The van der Waals surface area contributed by atoms with Gasteiger partial charge in [-0.3, -0.25) is 4.99 Å². The lowest BCUT2D eigenvalue weighted by Crippen LogP contribution is -2.48. The van der Waals surface area contributed by atoms with E-state index in [1.165, 1.54) is 44.5 Å². The maximum Gasteiger partial charge on any atom is 0.191 e. The normalized spacial score (nSPS) is 16.3. The number of piperidine rings is 1. The van der Waals surface area contributed by atoms with Gasteiger partial charge in [-0.25, -0.2) is 0 Å². The highest BCUT2D eigenvalue weighted by Crippen LogP contribution is 2.11. The summed E-state index contributed by atoms with van der Waals surface area (Å²) in [5, 5.41) is 16.3. The number of nitrogens with zero attached hydrogens (tertiary/aromatic N) is 2. The maximum atomic E-state index is 9.30. The number of benzene rings is 1. The summed E-state index contributed by atoms with van der Waals surface area (Å²) in [6.45, 7) is 6.73. The lowest BCUT2D eigenvalue weighted by molar-refractivity contribution is 0.206. The van der Waals surface area contributed by atoms with E-state index < -0.39 is 0 Å². The minimum Gasteiger partial charge on any atom is -0.508 e. The van der Waals surface area contributed by atoms with Crippen LogP contribution in [-0.2, 0) is 6.42 Å². The topological polar surface area (TPSA) is 59.9 Å². The lowest BCUT2D eigenvalue weighted by atomic mass is 10.1. The first-order valence-electron chi connectivity index (χ1n) is 9.18. The number of nitrogens with one attached hydrogen (secondary N) is 2. The Morgan fingerprint density at radius 3 is 2.52 bits per heavy atom. The number of phenols is 1. The van der Waals surface area contributed by atoms with E-state index in [-0.39, 0.29) is 24.0 Å². The molecule has 2 rings (SSSR count). The molecular weight excluding hydrogens is 427 g/mol. The van der Waals surface area contributed by atoms with Crippen LogP contribution in [0.5, 0.6) is 5.75 Å². The standard InChI is InChI=1S/C19H32N4O.HI/c1-3-13-23-14-10-17(11-15-23)22-19(20-2)21-12-4-5-16-6-8-18(24)9-7-16;/h6-9,17,24H,3-5,10-15H2,1-2H3,(H2,20,21,22);1H. The zero-order valence-corrected chi connectivity index (χ0v) is 17.8. The number of hydrogen-bond donors (Lipinski definition) is 3. The summed E-state index contributed by atoms with van der Waals surface area (Å²) < 4.78 is 0. The highest BCUT2D eigenvalue weighted by Gasteiger charge is 2.19. The average molecular weight is 460 g/mol. The monoisotopic (exact) mass is 460 g/mol. The molecule has 0 amide bonds. The molecule has 0 saturated carbocycles. The van der Waals surface area contributed by atoms with Gasteiger partial charge < -0.3 is 20.6 Å². The van der Waals surface area contributed by atoms with Crippen molar-refractivity contribution in [1.82, 2.24) is 15.5 Å². The molecule has 25 heavy (non-hydrogen) atoms. The van der Waals surface area contributed by atoms with Crippen LogP contribution >= 0.6 is 24.0 Å². The van der Waals surface area contributed by atoms with Gasteiger partial charge in [-0.15, -0.1) is 24.0 Å². The van der Waals surface area contributed by atoms with E-state index in [9.17, 15) is 5.11 Å². The molecule has 0 spiro atoms. The fraction of sp³-hybridized carbons (Fsp3) is 0.632. The van der Waals surface area contributed by atoms with Crippen molar-refractivity contribution in [2.24, 2.45) is 4.99 Å². The first-order chi connectivity index (χ1) is 11.7. The molecule has 1 aromatic carbocycles. The second-order valence-corrected chi connectivity index (χ2v) is 6.53. The molecule has 142 valence electrons. The number of aromatic hydroxyl groups is 1. The molecule has 0 unspecified atom stereocenters. The first kappa shape index (κ1) is 22.0. The van der Waals surface area contributed by atoms with Gasteiger partial charge in [0.2, 0.25) is 0 Å². The van der Waals surface area contributed by atoms with E-state index in [1.54, 1.807) is 12.1 Å². The van der Waals surface area contributed by atoms with E-state index in [0.717, 1.165) is 25.3 Å². The van der Waals surface area contributed by atoms with E-state index in [1.807, 2.05) is 19.2 Å². The van der Waals surface area contributed by atoms with Crippen molar-refractivity contribution in [2.75, 3.05) is 33.2 Å². The number of aliphatic imine (C=N–C) groups is 1. The summed E-state index contributed by atoms with van der Waals surface area (Å²) in [5.74, 6) is 1.24. The number of rotatable bonds is 7. The lowest BCUT2D eigenvalue weighted by Gasteiger charge is -2.32. The largest absolute Gasteiger partial charge is 0.508 e. The third-order valence-corrected chi connectivity index (χ3v) is 4.56. The van der Waals surface area contributed by atoms with Gasteiger partial charge >= 0.3 is 0 Å². The van der Waals surface area contributed by atoms with Crippen LogP contribution in [0.1, 0.15) is 38.2 Å². The molecule has 0 aliphatic carbocycles. The van der Waals surface area contributed by atoms with Crippen molar-refractivity contribution in [2.45, 2.75) is 45.1 Å². The Morgan fingerprint density at radius 1 is 1.24 bits per heavy atom. The molecule has 0 aromatic heterocycles. The predicted octanol–water partition coefficient (Wildman–Crippen LogP) is 2.98. The van der Waals surface area contributed by atoms with Gasteiger partial charge in [0.15, 0.2) is 5.96 Å². The summed E-state index contributed by atoms with van der Waals surface area (Å²) in [6, 6.07) is 7.97. The van der Waals surface area contributed by atoms with Crippen molar-refractivity contribution >= 4 is 29.9 Å². The minimum absolute atomic E-state index is 0. The molecule has 1 aliphatic heterocycles. The van der Waals surface area contributed by atoms with Gasteiger partial charge in [0, 0.05) is 32.7 Å². The van der Waals surface area contributed by atoms with Crippen LogP contribution in [-0.4, -0.2) is 55.2 Å². The van der Waals surface area contributed by atoms with E-state index in [4.69, 9.17) is 0 Å². The Bertz CT molecular complexity index is 499. The van der Waals surface area contributed by atoms with Crippen LogP contribution in [0.25, 0.3) is 0 Å². The highest BCUT2D eigenvalue weighted by molar-refractivity contribution is 14.0. The second kappa shape index (κ2) is 12.4. The predicted molar refractivity (Wildman–Crippen MR) is 116 cm³/mol. The molecular formula is C19H33IN4O. The van der Waals surface area contributed by atoms with E-state index in [0.29, 0.717) is 11.8 Å². The number of halogens is 1. The molecule has 5 nitrogen and oxygen atoms in total. The molecule has 1 heterocycles. The van der Waals surface area contributed by atoms with Crippen LogP contribution in [0.4, 0.5) is 0 Å². The average Bonchev–Trinajstić information content (AvgIpc) is 2.61. The van der Waals surface area contributed by atoms with E-state index in [2.05, 4.69) is 27.4 Å². The van der Waals surface area contributed by atoms with Gasteiger partial charge in [-0.05, 0) is 56.3 Å². The van der Waals surface area contributed by atoms with Gasteiger partial charge in [-0.1, -0.05) is 19.1 Å². The molecule has 1 aliphatic rings. The Labute approximate surface area is 169 Å². The minimum atomic E-state index is 0. The maximum absolute atomic E-state index is 9.30. The first-order valence-corrected chi connectivity index (χ1v) is 9.18. The van der Waals surface area contributed by atoms with Gasteiger partial charge in [0.25, 0.3) is 0 Å². The third kappa shape index (κ3) is 8.27. The number of hydrogen-bond acceptors (Lipinski definition) is 3. The zero-order chi connectivity index (χ0) is 17.2. The fourth-order valence-electron chi connectivity index (χ4n) is 3.17. The Morgan fingerprint density at radius 2 is 1.92 bits per heavy atom. The molecule has 1 aromatic rings. The van der Waals surface area contributed by atoms with Crippen molar-refractivity contribution in [3.05, 3.63) is 29.8 Å². The summed E-state index contributed by atoms with van der Waals surface area (Å²) in [6.07, 6.45) is 5.66. The molecule has 0 bridgehead atoms. The summed E-state index contributed by atoms with van der Waals surface area (Å²) in [5.41, 5.74) is 1.25. The number of likely N-dealkylation sites (tertiary alicyclic amines) is 1. The fourth-order valence-corrected chi connectivity index (χ4v) is 3.17. The van der Waals surface area contributed by atoms with E-state index >= 15 is 0 Å². The molecule has 6 heteroatoms. The summed E-state index contributed by atoms with van der Waals surface area (Å²) in [7, 11) is 1.83. The molecule has 1 fully saturated rings. The number of aryl methyl sites for hydroxylation is 1. The van der Waals surface area contributed by atoms with Crippen molar-refractivity contribution in [3.8, 4) is 5.75 Å². The van der Waals surface area contributed by atoms with Crippen molar-refractivity contribution in [3.63, 3.8) is 0 Å².